The van der Waals surface area contributed by atoms with E-state index in [4.69, 9.17) is 9.47 Å². The standard InChI is InChI=1S/C21H33IO3/c1-16(7-6-8-17(2)13-22)9-10-21(4)12-19(14-23)20(11-18(21)3)25-15-24-5/h7,12-14,18,20H,6,8-11,15H2,1-5H3/b16-7+,17-13+/t18-,20+,21-/m1/s1. The van der Waals surface area contributed by atoms with Crippen molar-refractivity contribution < 1.29 is 14.3 Å². The smallest absolute Gasteiger partial charge is 0.148 e. The molecule has 0 saturated heterocycles. The van der Waals surface area contributed by atoms with Gasteiger partial charge in [-0.05, 0) is 61.4 Å². The van der Waals surface area contributed by atoms with Gasteiger partial charge in [-0.2, -0.15) is 0 Å². The molecule has 0 fully saturated rings. The molecule has 0 unspecified atom stereocenters. The van der Waals surface area contributed by atoms with E-state index in [2.05, 4.69) is 66.5 Å². The number of aldehydes is 1. The van der Waals surface area contributed by atoms with Crippen LogP contribution >= 0.6 is 22.6 Å². The molecule has 0 amide bonds. The van der Waals surface area contributed by atoms with Gasteiger partial charge in [0.1, 0.15) is 13.1 Å². The minimum Gasteiger partial charge on any atom is -0.359 e. The Kier molecular flexibility index (Phi) is 10.2. The number of hydrogen-bond donors (Lipinski definition) is 0. The fourth-order valence-corrected chi connectivity index (χ4v) is 3.57. The zero-order chi connectivity index (χ0) is 18.9. The van der Waals surface area contributed by atoms with Crippen molar-refractivity contribution in [2.75, 3.05) is 13.9 Å². The molecule has 0 radical (unpaired) electrons. The van der Waals surface area contributed by atoms with Crippen molar-refractivity contribution in [2.45, 2.75) is 65.9 Å². The molecule has 0 heterocycles. The Morgan fingerprint density at radius 3 is 2.68 bits per heavy atom. The summed E-state index contributed by atoms with van der Waals surface area (Å²) in [7, 11) is 1.60. The van der Waals surface area contributed by atoms with Crippen LogP contribution in [0.2, 0.25) is 0 Å². The van der Waals surface area contributed by atoms with Crippen LogP contribution in [0.3, 0.4) is 0 Å². The lowest BCUT2D eigenvalue weighted by atomic mass is 9.67. The molecule has 25 heavy (non-hydrogen) atoms. The Morgan fingerprint density at radius 1 is 1.36 bits per heavy atom. The Morgan fingerprint density at radius 2 is 2.08 bits per heavy atom. The van der Waals surface area contributed by atoms with E-state index >= 15 is 0 Å². The normalized spacial score (nSPS) is 28.0. The van der Waals surface area contributed by atoms with Gasteiger partial charge in [0.25, 0.3) is 0 Å². The molecule has 0 saturated carbocycles. The summed E-state index contributed by atoms with van der Waals surface area (Å²) in [6.07, 6.45) is 10.5. The highest BCUT2D eigenvalue weighted by Crippen LogP contribution is 2.43. The van der Waals surface area contributed by atoms with Crippen molar-refractivity contribution in [3.8, 4) is 0 Å². The quantitative estimate of drug-likeness (QED) is 0.174. The van der Waals surface area contributed by atoms with Crippen molar-refractivity contribution in [1.82, 2.24) is 0 Å². The minimum absolute atomic E-state index is 0.0380. The van der Waals surface area contributed by atoms with Gasteiger partial charge in [-0.1, -0.05) is 59.7 Å². The van der Waals surface area contributed by atoms with E-state index in [-0.39, 0.29) is 18.3 Å². The molecule has 0 N–H and O–H groups in total. The summed E-state index contributed by atoms with van der Waals surface area (Å²) in [5, 5.41) is 0. The second-order valence-electron chi connectivity index (χ2n) is 7.51. The van der Waals surface area contributed by atoms with E-state index in [0.717, 1.165) is 44.0 Å². The SMILES string of the molecule is COCO[C@H]1C[C@@H](C)[C@](C)(CC/C(C)=C/CC/C(C)=C/I)C=C1C=O. The molecule has 142 valence electrons. The zero-order valence-electron chi connectivity index (χ0n) is 16.3. The van der Waals surface area contributed by atoms with Crippen LogP contribution in [-0.2, 0) is 14.3 Å². The first-order valence-electron chi connectivity index (χ1n) is 9.06. The molecular formula is C21H33IO3. The highest BCUT2D eigenvalue weighted by Gasteiger charge is 2.37. The number of hydrogen-bond acceptors (Lipinski definition) is 3. The van der Waals surface area contributed by atoms with E-state index in [1.165, 1.54) is 11.1 Å². The van der Waals surface area contributed by atoms with E-state index in [1.54, 1.807) is 7.11 Å². The summed E-state index contributed by atoms with van der Waals surface area (Å²) in [6.45, 7) is 9.15. The highest BCUT2D eigenvalue weighted by molar-refractivity contribution is 14.1. The van der Waals surface area contributed by atoms with Gasteiger partial charge < -0.3 is 9.47 Å². The van der Waals surface area contributed by atoms with E-state index in [0.29, 0.717) is 5.92 Å². The maximum absolute atomic E-state index is 11.5. The van der Waals surface area contributed by atoms with Crippen LogP contribution in [-0.4, -0.2) is 26.3 Å². The summed E-state index contributed by atoms with van der Waals surface area (Å²) >= 11 is 2.30. The zero-order valence-corrected chi connectivity index (χ0v) is 18.5. The van der Waals surface area contributed by atoms with Gasteiger partial charge in [-0.15, -0.1) is 0 Å². The predicted octanol–water partition coefficient (Wildman–Crippen LogP) is 5.99. The lowest BCUT2D eigenvalue weighted by Gasteiger charge is -2.40. The van der Waals surface area contributed by atoms with Crippen molar-refractivity contribution in [3.05, 3.63) is 33.0 Å². The van der Waals surface area contributed by atoms with Crippen LogP contribution in [0, 0.1) is 11.3 Å². The molecule has 0 bridgehead atoms. The Labute approximate surface area is 167 Å². The first-order valence-corrected chi connectivity index (χ1v) is 10.3. The first kappa shape index (κ1) is 22.6. The number of rotatable bonds is 10. The summed E-state index contributed by atoms with van der Waals surface area (Å²) in [6, 6.07) is 0. The number of carbonyl (C=O) groups is 1. The van der Waals surface area contributed by atoms with Crippen LogP contribution in [0.4, 0.5) is 0 Å². The maximum Gasteiger partial charge on any atom is 0.148 e. The molecule has 4 heteroatoms. The minimum atomic E-state index is -0.139. The fraction of sp³-hybridized carbons (Fsp3) is 0.667. The lowest BCUT2D eigenvalue weighted by Crippen LogP contribution is -2.35. The van der Waals surface area contributed by atoms with Gasteiger partial charge in [-0.3, -0.25) is 4.79 Å². The number of carbonyl (C=O) groups excluding carboxylic acids is 1. The highest BCUT2D eigenvalue weighted by atomic mass is 127. The van der Waals surface area contributed by atoms with Crippen molar-refractivity contribution in [2.24, 2.45) is 11.3 Å². The fourth-order valence-electron chi connectivity index (χ4n) is 3.25. The molecule has 1 aliphatic rings. The number of halogens is 1. The third kappa shape index (κ3) is 7.35. The van der Waals surface area contributed by atoms with Crippen LogP contribution in [0.15, 0.2) is 33.0 Å². The molecule has 0 spiro atoms. The third-order valence-electron chi connectivity index (χ3n) is 5.36. The largest absolute Gasteiger partial charge is 0.359 e. The second-order valence-corrected chi connectivity index (χ2v) is 8.13. The molecule has 1 aliphatic carbocycles. The molecule has 0 aromatic rings. The third-order valence-corrected chi connectivity index (χ3v) is 6.42. The topological polar surface area (TPSA) is 35.5 Å². The van der Waals surface area contributed by atoms with Gasteiger partial charge in [0.05, 0.1) is 6.10 Å². The van der Waals surface area contributed by atoms with E-state index < -0.39 is 0 Å². The number of methoxy groups -OCH3 is 1. The van der Waals surface area contributed by atoms with Gasteiger partial charge >= 0.3 is 0 Å². The van der Waals surface area contributed by atoms with Gasteiger partial charge in [0.2, 0.25) is 0 Å². The molecule has 0 aromatic carbocycles. The van der Waals surface area contributed by atoms with Crippen LogP contribution in [0.1, 0.15) is 59.8 Å². The molecule has 0 aromatic heterocycles. The Hall–Kier alpha value is -0.460. The summed E-state index contributed by atoms with van der Waals surface area (Å²) in [5.41, 5.74) is 3.67. The molecular weight excluding hydrogens is 427 g/mol. The van der Waals surface area contributed by atoms with Crippen molar-refractivity contribution in [3.63, 3.8) is 0 Å². The van der Waals surface area contributed by atoms with Crippen molar-refractivity contribution >= 4 is 28.9 Å². The van der Waals surface area contributed by atoms with Gasteiger partial charge in [0.15, 0.2) is 0 Å². The van der Waals surface area contributed by atoms with Gasteiger partial charge in [0, 0.05) is 12.7 Å². The molecule has 3 atom stereocenters. The average Bonchev–Trinajstić information content (AvgIpc) is 2.60. The Balaban J connectivity index is 2.69. The van der Waals surface area contributed by atoms with E-state index in [9.17, 15) is 4.79 Å². The van der Waals surface area contributed by atoms with Crippen LogP contribution in [0.25, 0.3) is 0 Å². The molecule has 0 aliphatic heterocycles. The van der Waals surface area contributed by atoms with E-state index in [1.807, 2.05) is 0 Å². The van der Waals surface area contributed by atoms with Gasteiger partial charge in [-0.25, -0.2) is 0 Å². The first-order chi connectivity index (χ1) is 11.9. The number of allylic oxidation sites excluding steroid dienone is 4. The van der Waals surface area contributed by atoms with Crippen LogP contribution < -0.4 is 0 Å². The van der Waals surface area contributed by atoms with Crippen molar-refractivity contribution in [1.29, 1.82) is 0 Å². The molecule has 3 nitrogen and oxygen atoms in total. The molecule has 1 rings (SSSR count). The summed E-state index contributed by atoms with van der Waals surface area (Å²) < 4.78 is 12.8. The van der Waals surface area contributed by atoms with Crippen LogP contribution in [0.5, 0.6) is 0 Å². The number of ether oxygens (including phenoxy) is 2. The predicted molar refractivity (Wildman–Crippen MR) is 113 cm³/mol. The lowest BCUT2D eigenvalue weighted by molar-refractivity contribution is -0.110. The monoisotopic (exact) mass is 460 g/mol. The maximum atomic E-state index is 11.5. The average molecular weight is 460 g/mol. The summed E-state index contributed by atoms with van der Waals surface area (Å²) in [4.78, 5) is 11.5. The Bertz CT molecular complexity index is 521. The second kappa shape index (κ2) is 11.3. The summed E-state index contributed by atoms with van der Waals surface area (Å²) in [5.74, 6) is 0.468.